The Morgan fingerprint density at radius 2 is 2.03 bits per heavy atom. The predicted octanol–water partition coefficient (Wildman–Crippen LogP) is 4.91. The summed E-state index contributed by atoms with van der Waals surface area (Å²) in [5.74, 6) is -0.429. The second-order valence-electron chi connectivity index (χ2n) is 8.31. The largest absolute Gasteiger partial charge is 0.459 e. The van der Waals surface area contributed by atoms with E-state index in [0.29, 0.717) is 18.1 Å². The number of hydrogen-bond acceptors (Lipinski definition) is 7. The van der Waals surface area contributed by atoms with Crippen molar-refractivity contribution in [3.63, 3.8) is 0 Å². The first-order chi connectivity index (χ1) is 16.0. The van der Waals surface area contributed by atoms with E-state index in [1.165, 1.54) is 11.3 Å². The number of thiophene rings is 1. The van der Waals surface area contributed by atoms with Gasteiger partial charge in [-0.15, -0.1) is 22.9 Å². The van der Waals surface area contributed by atoms with Crippen LogP contribution in [0.5, 0.6) is 0 Å². The molecular formula is C25H34ClNO5S. The summed E-state index contributed by atoms with van der Waals surface area (Å²) in [7, 11) is 0. The first-order valence-corrected chi connectivity index (χ1v) is 12.9. The number of benzene rings is 1. The van der Waals surface area contributed by atoms with Crippen molar-refractivity contribution in [3.05, 3.63) is 51.7 Å². The number of rotatable bonds is 13. The lowest BCUT2D eigenvalue weighted by Crippen LogP contribution is -2.37. The molecule has 2 heterocycles. The zero-order chi connectivity index (χ0) is 23.6. The molecule has 1 aromatic heterocycles. The molecule has 2 N–H and O–H groups in total. The topological polar surface area (TPSA) is 79.2 Å². The van der Waals surface area contributed by atoms with Gasteiger partial charge >= 0.3 is 5.97 Å². The van der Waals surface area contributed by atoms with E-state index in [-0.39, 0.29) is 24.6 Å². The number of aliphatic hydroxyl groups excluding tert-OH is 2. The van der Waals surface area contributed by atoms with E-state index >= 15 is 0 Å². The van der Waals surface area contributed by atoms with Crippen molar-refractivity contribution in [2.45, 2.75) is 63.2 Å². The maximum atomic E-state index is 11.9. The Bertz CT molecular complexity index is 859. The highest BCUT2D eigenvalue weighted by molar-refractivity contribution is 7.13. The zero-order valence-corrected chi connectivity index (χ0v) is 20.7. The van der Waals surface area contributed by atoms with Crippen molar-refractivity contribution in [2.75, 3.05) is 31.3 Å². The normalized spacial score (nSPS) is 19.1. The maximum absolute atomic E-state index is 11.9. The van der Waals surface area contributed by atoms with Crippen LogP contribution in [-0.2, 0) is 16.1 Å². The number of carbonyl (C=O) groups is 1. The Kier molecular flexibility index (Phi) is 10.5. The molecule has 0 bridgehead atoms. The molecule has 3 atom stereocenters. The number of carbonyl (C=O) groups excluding carboxylic acids is 1. The van der Waals surface area contributed by atoms with Crippen molar-refractivity contribution < 1.29 is 24.5 Å². The quantitative estimate of drug-likeness (QED) is 0.233. The first kappa shape index (κ1) is 26.0. The molecule has 8 heteroatoms. The molecule has 33 heavy (non-hydrogen) atoms. The average Bonchev–Trinajstić information content (AvgIpc) is 3.45. The molecular weight excluding hydrogens is 462 g/mol. The molecule has 0 aliphatic carbocycles. The smallest absolute Gasteiger partial charge is 0.348 e. The number of nitrogens with zero attached hydrogens (tertiary/aromatic N) is 1. The van der Waals surface area contributed by atoms with E-state index in [4.69, 9.17) is 26.2 Å². The number of alkyl halides is 1. The van der Waals surface area contributed by atoms with E-state index < -0.39 is 12.1 Å². The van der Waals surface area contributed by atoms with Crippen LogP contribution in [0.4, 0.5) is 5.69 Å². The molecule has 182 valence electrons. The molecule has 0 amide bonds. The lowest BCUT2D eigenvalue weighted by molar-refractivity contribution is 0.0439. The lowest BCUT2D eigenvalue weighted by atomic mass is 10.0. The van der Waals surface area contributed by atoms with Crippen LogP contribution >= 0.6 is 22.9 Å². The molecule has 1 aliphatic rings. The van der Waals surface area contributed by atoms with Gasteiger partial charge in [0.15, 0.2) is 0 Å². The molecule has 3 rings (SSSR count). The molecule has 6 nitrogen and oxygen atoms in total. The SMILES string of the molecule is CCCCCC(O)c1ccc(N2CC[C@@H](Cl)[C@@H]2COCc2ccc(C(=O)OCCO)s2)cc1. The van der Waals surface area contributed by atoms with Crippen LogP contribution in [0.1, 0.15) is 65.2 Å². The molecule has 0 spiro atoms. The van der Waals surface area contributed by atoms with Gasteiger partial charge in [-0.25, -0.2) is 4.79 Å². The number of ether oxygens (including phenoxy) is 2. The Balaban J connectivity index is 1.52. The molecule has 2 aromatic rings. The van der Waals surface area contributed by atoms with Crippen LogP contribution < -0.4 is 4.90 Å². The van der Waals surface area contributed by atoms with Gasteiger partial charge in [-0.1, -0.05) is 38.3 Å². The third-order valence-electron chi connectivity index (χ3n) is 5.87. The highest BCUT2D eigenvalue weighted by Crippen LogP contribution is 2.31. The number of unbranched alkanes of at least 4 members (excludes halogenated alkanes) is 2. The number of anilines is 1. The summed E-state index contributed by atoms with van der Waals surface area (Å²) in [6.07, 6.45) is 4.59. The van der Waals surface area contributed by atoms with Gasteiger partial charge in [0.2, 0.25) is 0 Å². The second-order valence-corrected chi connectivity index (χ2v) is 10.0. The van der Waals surface area contributed by atoms with Crippen molar-refractivity contribution in [3.8, 4) is 0 Å². The Labute approximate surface area is 205 Å². The van der Waals surface area contributed by atoms with Crippen molar-refractivity contribution in [1.29, 1.82) is 0 Å². The first-order valence-electron chi connectivity index (χ1n) is 11.7. The molecule has 1 unspecified atom stereocenters. The standard InChI is InChI=1S/C25H34ClNO5S/c1-2-3-4-5-23(29)18-6-8-19(9-7-18)27-13-12-21(26)22(27)17-31-16-20-10-11-24(33-20)25(30)32-15-14-28/h6-11,21-23,28-29H,2-5,12-17H2,1H3/t21-,22+,23?/m1/s1. The highest BCUT2D eigenvalue weighted by Gasteiger charge is 2.33. The summed E-state index contributed by atoms with van der Waals surface area (Å²) >= 11 is 7.94. The number of halogens is 1. The molecule has 1 saturated heterocycles. The van der Waals surface area contributed by atoms with Crippen LogP contribution in [0.15, 0.2) is 36.4 Å². The second kappa shape index (κ2) is 13.3. The monoisotopic (exact) mass is 495 g/mol. The van der Waals surface area contributed by atoms with Gasteiger partial charge in [-0.3, -0.25) is 0 Å². The van der Waals surface area contributed by atoms with Gasteiger partial charge in [0.05, 0.1) is 37.3 Å². The van der Waals surface area contributed by atoms with Crippen LogP contribution in [-0.4, -0.2) is 54.0 Å². The fourth-order valence-corrected chi connectivity index (χ4v) is 5.17. The molecule has 1 fully saturated rings. The molecule has 1 aliphatic heterocycles. The van der Waals surface area contributed by atoms with Gasteiger partial charge in [-0.2, -0.15) is 0 Å². The Hall–Kier alpha value is -1.64. The minimum atomic E-state index is -0.429. The van der Waals surface area contributed by atoms with Crippen molar-refractivity contribution in [1.82, 2.24) is 0 Å². The number of esters is 1. The third kappa shape index (κ3) is 7.42. The summed E-state index contributed by atoms with van der Waals surface area (Å²) in [6, 6.07) is 11.8. The van der Waals surface area contributed by atoms with E-state index in [1.54, 1.807) is 6.07 Å². The van der Waals surface area contributed by atoms with Gasteiger partial charge in [0.1, 0.15) is 11.5 Å². The van der Waals surface area contributed by atoms with E-state index in [1.807, 2.05) is 18.2 Å². The number of hydrogen-bond donors (Lipinski definition) is 2. The Morgan fingerprint density at radius 3 is 2.76 bits per heavy atom. The van der Waals surface area contributed by atoms with Crippen LogP contribution in [0.2, 0.25) is 0 Å². The fraction of sp³-hybridized carbons (Fsp3) is 0.560. The van der Waals surface area contributed by atoms with E-state index in [0.717, 1.165) is 54.8 Å². The summed E-state index contributed by atoms with van der Waals surface area (Å²) in [5, 5.41) is 19.2. The fourth-order valence-electron chi connectivity index (χ4n) is 4.03. The zero-order valence-electron chi connectivity index (χ0n) is 19.1. The molecule has 1 aromatic carbocycles. The highest BCUT2D eigenvalue weighted by atomic mass is 35.5. The minimum Gasteiger partial charge on any atom is -0.459 e. The van der Waals surface area contributed by atoms with Crippen LogP contribution in [0, 0.1) is 0 Å². The predicted molar refractivity (Wildman–Crippen MR) is 132 cm³/mol. The molecule has 0 radical (unpaired) electrons. The van der Waals surface area contributed by atoms with Crippen molar-refractivity contribution in [2.24, 2.45) is 0 Å². The Morgan fingerprint density at radius 1 is 1.24 bits per heavy atom. The summed E-state index contributed by atoms with van der Waals surface area (Å²) < 4.78 is 10.9. The summed E-state index contributed by atoms with van der Waals surface area (Å²) in [5.41, 5.74) is 2.04. The maximum Gasteiger partial charge on any atom is 0.348 e. The lowest BCUT2D eigenvalue weighted by Gasteiger charge is -2.28. The van der Waals surface area contributed by atoms with Gasteiger partial charge < -0.3 is 24.6 Å². The van der Waals surface area contributed by atoms with Gasteiger partial charge in [0.25, 0.3) is 0 Å². The molecule has 0 saturated carbocycles. The van der Waals surface area contributed by atoms with E-state index in [9.17, 15) is 9.90 Å². The summed E-state index contributed by atoms with van der Waals surface area (Å²) in [6.45, 7) is 3.71. The van der Waals surface area contributed by atoms with Gasteiger partial charge in [0, 0.05) is 17.1 Å². The summed E-state index contributed by atoms with van der Waals surface area (Å²) in [4.78, 5) is 15.6. The van der Waals surface area contributed by atoms with Crippen molar-refractivity contribution >= 4 is 34.6 Å². The van der Waals surface area contributed by atoms with Crippen LogP contribution in [0.3, 0.4) is 0 Å². The van der Waals surface area contributed by atoms with E-state index in [2.05, 4.69) is 24.0 Å². The van der Waals surface area contributed by atoms with Gasteiger partial charge in [-0.05, 0) is 42.7 Å². The average molecular weight is 496 g/mol. The minimum absolute atomic E-state index is 0.00309. The number of aliphatic hydroxyl groups is 2. The van der Waals surface area contributed by atoms with Crippen LogP contribution in [0.25, 0.3) is 0 Å². The third-order valence-corrected chi connectivity index (χ3v) is 7.42.